The van der Waals surface area contributed by atoms with Crippen LogP contribution in [0, 0.1) is 22.7 Å². The number of rotatable bonds is 0. The third kappa shape index (κ3) is 1.45. The summed E-state index contributed by atoms with van der Waals surface area (Å²) < 4.78 is 1.83. The van der Waals surface area contributed by atoms with E-state index in [1.165, 1.54) is 0 Å². The molecule has 6 heteroatoms. The van der Waals surface area contributed by atoms with Crippen LogP contribution in [0.25, 0.3) is 21.9 Å². The molecule has 0 amide bonds. The summed E-state index contributed by atoms with van der Waals surface area (Å²) in [5.74, 6) is 0.0635. The molecular weight excluding hydrogens is 274 g/mol. The maximum Gasteiger partial charge on any atom is 0.145 e. The lowest BCUT2D eigenvalue weighted by Crippen LogP contribution is -2.00. The van der Waals surface area contributed by atoms with Crippen LogP contribution in [0.4, 0.5) is 5.82 Å². The molecule has 96 valence electrons. The van der Waals surface area contributed by atoms with Crippen LogP contribution in [0.1, 0.15) is 11.1 Å². The van der Waals surface area contributed by atoms with E-state index in [1.54, 1.807) is 12.1 Å². The zero-order chi connectivity index (χ0) is 14.4. The van der Waals surface area contributed by atoms with E-state index in [2.05, 4.69) is 11.1 Å². The van der Waals surface area contributed by atoms with Crippen molar-refractivity contribution >= 4 is 39.4 Å². The Bertz CT molecular complexity index is 956. The summed E-state index contributed by atoms with van der Waals surface area (Å²) >= 11 is 6.03. The van der Waals surface area contributed by atoms with Crippen molar-refractivity contribution in [1.29, 1.82) is 10.5 Å². The molecule has 0 bridgehead atoms. The SMILES string of the molecule is Cn1c2ccc(Cl)cc2c2c(C#N)c(C#N)c(N)nc21. The Morgan fingerprint density at radius 2 is 1.95 bits per heavy atom. The quantitative estimate of drug-likeness (QED) is 0.686. The van der Waals surface area contributed by atoms with Crippen molar-refractivity contribution in [2.24, 2.45) is 7.05 Å². The number of anilines is 1. The maximum atomic E-state index is 9.38. The Morgan fingerprint density at radius 3 is 2.60 bits per heavy atom. The van der Waals surface area contributed by atoms with Crippen molar-refractivity contribution < 1.29 is 0 Å². The molecule has 0 spiro atoms. The number of hydrogen-bond acceptors (Lipinski definition) is 4. The van der Waals surface area contributed by atoms with Crippen LogP contribution in [0.2, 0.25) is 5.02 Å². The van der Waals surface area contributed by atoms with Gasteiger partial charge in [-0.15, -0.1) is 0 Å². The van der Waals surface area contributed by atoms with Gasteiger partial charge in [0.2, 0.25) is 0 Å². The number of hydrogen-bond donors (Lipinski definition) is 1. The first-order valence-electron chi connectivity index (χ1n) is 5.75. The van der Waals surface area contributed by atoms with Gasteiger partial charge in [0.15, 0.2) is 0 Å². The zero-order valence-corrected chi connectivity index (χ0v) is 11.2. The average Bonchev–Trinajstić information content (AvgIpc) is 2.70. The van der Waals surface area contributed by atoms with Gasteiger partial charge in [-0.25, -0.2) is 4.98 Å². The summed E-state index contributed by atoms with van der Waals surface area (Å²) in [6.07, 6.45) is 0. The van der Waals surface area contributed by atoms with Crippen LogP contribution in [0.5, 0.6) is 0 Å². The van der Waals surface area contributed by atoms with Gasteiger partial charge in [-0.3, -0.25) is 0 Å². The minimum atomic E-state index is 0.0635. The summed E-state index contributed by atoms with van der Waals surface area (Å²) in [7, 11) is 1.83. The fourth-order valence-corrected chi connectivity index (χ4v) is 2.60. The van der Waals surface area contributed by atoms with Gasteiger partial charge in [-0.05, 0) is 18.2 Å². The Labute approximate surface area is 119 Å². The molecule has 20 heavy (non-hydrogen) atoms. The number of aromatic nitrogens is 2. The predicted octanol–water partition coefficient (Wildman–Crippen LogP) is 2.71. The van der Waals surface area contributed by atoms with E-state index in [0.717, 1.165) is 10.9 Å². The van der Waals surface area contributed by atoms with Crippen LogP contribution in [0.3, 0.4) is 0 Å². The highest BCUT2D eigenvalue weighted by atomic mass is 35.5. The lowest BCUT2D eigenvalue weighted by atomic mass is 10.0. The van der Waals surface area contributed by atoms with Crippen LogP contribution in [-0.2, 0) is 7.05 Å². The second kappa shape index (κ2) is 4.12. The van der Waals surface area contributed by atoms with Gasteiger partial charge >= 0.3 is 0 Å². The van der Waals surface area contributed by atoms with E-state index < -0.39 is 0 Å². The Hall–Kier alpha value is -2.76. The molecule has 5 nitrogen and oxygen atoms in total. The largest absolute Gasteiger partial charge is 0.382 e. The van der Waals surface area contributed by atoms with Gasteiger partial charge in [0.05, 0.1) is 11.1 Å². The van der Waals surface area contributed by atoms with Crippen molar-refractivity contribution in [1.82, 2.24) is 9.55 Å². The van der Waals surface area contributed by atoms with Gasteiger partial charge < -0.3 is 10.3 Å². The number of pyridine rings is 1. The minimum Gasteiger partial charge on any atom is -0.382 e. The Balaban J connectivity index is 2.70. The van der Waals surface area contributed by atoms with Crippen molar-refractivity contribution in [2.45, 2.75) is 0 Å². The number of halogens is 1. The van der Waals surface area contributed by atoms with E-state index >= 15 is 0 Å². The van der Waals surface area contributed by atoms with Crippen LogP contribution in [-0.4, -0.2) is 9.55 Å². The molecule has 0 aliphatic heterocycles. The summed E-state index contributed by atoms with van der Waals surface area (Å²) in [5.41, 5.74) is 7.56. The fourth-order valence-electron chi connectivity index (χ4n) is 2.43. The number of nitriles is 2. The number of benzene rings is 1. The molecule has 0 saturated carbocycles. The molecule has 2 aromatic heterocycles. The van der Waals surface area contributed by atoms with Crippen LogP contribution in [0.15, 0.2) is 18.2 Å². The van der Waals surface area contributed by atoms with Crippen molar-refractivity contribution in [3.63, 3.8) is 0 Å². The van der Waals surface area contributed by atoms with Crippen LogP contribution >= 0.6 is 11.6 Å². The van der Waals surface area contributed by atoms with Crippen molar-refractivity contribution in [3.05, 3.63) is 34.3 Å². The monoisotopic (exact) mass is 281 g/mol. The Morgan fingerprint density at radius 1 is 1.25 bits per heavy atom. The van der Waals surface area contributed by atoms with Gasteiger partial charge in [-0.1, -0.05) is 11.6 Å². The highest BCUT2D eigenvalue weighted by Crippen LogP contribution is 2.34. The third-order valence-corrected chi connectivity index (χ3v) is 3.57. The molecule has 0 aliphatic rings. The van der Waals surface area contributed by atoms with E-state index in [1.807, 2.05) is 23.8 Å². The topological polar surface area (TPSA) is 91.4 Å². The van der Waals surface area contributed by atoms with Gasteiger partial charge in [0.25, 0.3) is 0 Å². The van der Waals surface area contributed by atoms with Crippen LogP contribution < -0.4 is 5.73 Å². The van der Waals surface area contributed by atoms with E-state index in [9.17, 15) is 5.26 Å². The number of nitrogen functional groups attached to an aromatic ring is 1. The second-order valence-corrected chi connectivity index (χ2v) is 4.83. The van der Waals surface area contributed by atoms with E-state index in [0.29, 0.717) is 16.1 Å². The summed E-state index contributed by atoms with van der Waals surface area (Å²) in [6.45, 7) is 0. The second-order valence-electron chi connectivity index (χ2n) is 4.39. The molecule has 0 radical (unpaired) electrons. The molecule has 0 fully saturated rings. The summed E-state index contributed by atoms with van der Waals surface area (Å²) in [5, 5.41) is 20.5. The Kier molecular flexibility index (Phi) is 2.53. The van der Waals surface area contributed by atoms with Gasteiger partial charge in [0.1, 0.15) is 29.2 Å². The zero-order valence-electron chi connectivity index (χ0n) is 10.5. The molecule has 3 aromatic rings. The maximum absolute atomic E-state index is 9.38. The number of fused-ring (bicyclic) bond motifs is 3. The molecule has 0 saturated heterocycles. The first-order chi connectivity index (χ1) is 9.58. The van der Waals surface area contributed by atoms with E-state index in [4.69, 9.17) is 22.6 Å². The lowest BCUT2D eigenvalue weighted by Gasteiger charge is -2.02. The summed E-state index contributed by atoms with van der Waals surface area (Å²) in [6, 6.07) is 9.38. The molecule has 2 N–H and O–H groups in total. The molecule has 0 atom stereocenters. The fraction of sp³-hybridized carbons (Fsp3) is 0.0714. The highest BCUT2D eigenvalue weighted by molar-refractivity contribution is 6.32. The summed E-state index contributed by atoms with van der Waals surface area (Å²) in [4.78, 5) is 4.25. The molecule has 0 unspecified atom stereocenters. The lowest BCUT2D eigenvalue weighted by molar-refractivity contribution is 0.990. The molecule has 3 rings (SSSR count). The van der Waals surface area contributed by atoms with Crippen molar-refractivity contribution in [2.75, 3.05) is 5.73 Å². The first kappa shape index (κ1) is 12.3. The average molecular weight is 282 g/mol. The smallest absolute Gasteiger partial charge is 0.145 e. The predicted molar refractivity (Wildman–Crippen MR) is 77.1 cm³/mol. The first-order valence-corrected chi connectivity index (χ1v) is 6.13. The molecule has 0 aliphatic carbocycles. The highest BCUT2D eigenvalue weighted by Gasteiger charge is 2.19. The van der Waals surface area contributed by atoms with Gasteiger partial charge in [-0.2, -0.15) is 10.5 Å². The molecule has 1 aromatic carbocycles. The number of nitrogens with zero attached hydrogens (tertiary/aromatic N) is 4. The normalized spacial score (nSPS) is 10.6. The van der Waals surface area contributed by atoms with Gasteiger partial charge in [0, 0.05) is 22.8 Å². The molecule has 2 heterocycles. The standard InChI is InChI=1S/C14H8ClN5/c1-20-11-3-2-7(15)4-8(11)12-9(5-16)10(6-17)13(18)19-14(12)20/h2-4H,1H3,(H2,18,19). The third-order valence-electron chi connectivity index (χ3n) is 3.34. The molecular formula is C14H8ClN5. The number of aryl methyl sites for hydroxylation is 1. The van der Waals surface area contributed by atoms with E-state index in [-0.39, 0.29) is 16.9 Å². The minimum absolute atomic E-state index is 0.0635. The number of nitrogens with two attached hydrogens (primary N) is 1. The van der Waals surface area contributed by atoms with Crippen molar-refractivity contribution in [3.8, 4) is 12.1 Å².